The highest BCUT2D eigenvalue weighted by Crippen LogP contribution is 2.43. The number of nitrogens with one attached hydrogen (secondary N) is 1. The second-order valence-electron chi connectivity index (χ2n) is 20.0. The van der Waals surface area contributed by atoms with Crippen LogP contribution in [-0.4, -0.2) is 73.4 Å². The summed E-state index contributed by atoms with van der Waals surface area (Å²) in [5.74, 6) is -0.171. The Morgan fingerprint density at radius 1 is 0.532 bits per heavy atom. The van der Waals surface area contributed by atoms with Crippen LogP contribution in [0.15, 0.2) is 12.2 Å². The zero-order chi connectivity index (χ0) is 45.7. The predicted molar refractivity (Wildman–Crippen MR) is 268 cm³/mol. The van der Waals surface area contributed by atoms with Gasteiger partial charge in [0.25, 0.3) is 0 Å². The molecule has 0 aromatic rings. The third-order valence-corrected chi connectivity index (χ3v) is 13.5. The summed E-state index contributed by atoms with van der Waals surface area (Å²) in [4.78, 5) is 23.2. The summed E-state index contributed by atoms with van der Waals surface area (Å²) in [6.45, 7) is 4.85. The first kappa shape index (κ1) is 61.2. The van der Waals surface area contributed by atoms with Gasteiger partial charge in [-0.2, -0.15) is 0 Å². The minimum atomic E-state index is -4.34. The molecule has 370 valence electrons. The fourth-order valence-electron chi connectivity index (χ4n) is 8.22. The number of hydrogen-bond acceptors (Lipinski definition) is 5. The summed E-state index contributed by atoms with van der Waals surface area (Å²) in [6.07, 6.45) is 54.5. The molecule has 0 saturated carbocycles. The van der Waals surface area contributed by atoms with Gasteiger partial charge in [-0.15, -0.1) is 0 Å². The van der Waals surface area contributed by atoms with Crippen molar-refractivity contribution in [1.29, 1.82) is 0 Å². The highest BCUT2D eigenvalue weighted by atomic mass is 31.2. The summed E-state index contributed by atoms with van der Waals surface area (Å²) in [6, 6.07) is -0.841. The normalized spacial score (nSPS) is 14.1. The average molecular weight is 900 g/mol. The predicted octanol–water partition coefficient (Wildman–Crippen LogP) is 15.9. The molecule has 0 aliphatic rings. The van der Waals surface area contributed by atoms with Crippen molar-refractivity contribution in [3.63, 3.8) is 0 Å². The fraction of sp³-hybridized carbons (Fsp3) is 0.943. The van der Waals surface area contributed by atoms with Crippen LogP contribution >= 0.6 is 7.82 Å². The smallest absolute Gasteiger partial charge is 0.387 e. The van der Waals surface area contributed by atoms with E-state index in [1.165, 1.54) is 212 Å². The number of unbranched alkanes of at least 4 members (excludes halogenated alkanes) is 37. The third kappa shape index (κ3) is 47.2. The quantitative estimate of drug-likeness (QED) is 0.0243. The topological polar surface area (TPSA) is 105 Å². The van der Waals surface area contributed by atoms with Gasteiger partial charge in [0.1, 0.15) is 13.2 Å². The lowest BCUT2D eigenvalue weighted by molar-refractivity contribution is -0.870. The van der Waals surface area contributed by atoms with Crippen LogP contribution in [0.1, 0.15) is 271 Å². The first-order chi connectivity index (χ1) is 30.0. The van der Waals surface area contributed by atoms with Gasteiger partial charge in [0.2, 0.25) is 5.91 Å². The first-order valence-corrected chi connectivity index (χ1v) is 28.6. The largest absolute Gasteiger partial charge is 0.472 e. The van der Waals surface area contributed by atoms with E-state index in [0.717, 1.165) is 38.5 Å². The number of rotatable bonds is 50. The maximum absolute atomic E-state index is 12.9. The highest BCUT2D eigenvalue weighted by Gasteiger charge is 2.27. The Labute approximate surface area is 386 Å². The Balaban J connectivity index is 4.12. The van der Waals surface area contributed by atoms with E-state index >= 15 is 0 Å². The van der Waals surface area contributed by atoms with Crippen molar-refractivity contribution in [1.82, 2.24) is 5.32 Å². The maximum Gasteiger partial charge on any atom is 0.472 e. The zero-order valence-electron chi connectivity index (χ0n) is 42.1. The zero-order valence-corrected chi connectivity index (χ0v) is 43.0. The van der Waals surface area contributed by atoms with Gasteiger partial charge in [-0.05, 0) is 19.3 Å². The molecule has 3 N–H and O–H groups in total. The van der Waals surface area contributed by atoms with Crippen LogP contribution in [0.25, 0.3) is 0 Å². The van der Waals surface area contributed by atoms with Gasteiger partial charge in [-0.25, -0.2) is 4.57 Å². The number of aliphatic hydroxyl groups excluding tert-OH is 1. The molecule has 9 heteroatoms. The van der Waals surface area contributed by atoms with Gasteiger partial charge in [0.15, 0.2) is 0 Å². The van der Waals surface area contributed by atoms with Crippen LogP contribution in [-0.2, 0) is 18.4 Å². The summed E-state index contributed by atoms with van der Waals surface area (Å²) >= 11 is 0. The monoisotopic (exact) mass is 900 g/mol. The van der Waals surface area contributed by atoms with Gasteiger partial charge in [-0.1, -0.05) is 257 Å². The number of nitrogens with zero attached hydrogens (tertiary/aromatic N) is 1. The number of amides is 1. The molecule has 0 fully saturated rings. The van der Waals surface area contributed by atoms with Crippen molar-refractivity contribution in [2.24, 2.45) is 0 Å². The molecule has 0 rings (SSSR count). The van der Waals surface area contributed by atoms with E-state index in [1.807, 2.05) is 27.2 Å². The molecule has 1 amide bonds. The van der Waals surface area contributed by atoms with E-state index in [-0.39, 0.29) is 19.1 Å². The van der Waals surface area contributed by atoms with Crippen molar-refractivity contribution in [3.05, 3.63) is 12.2 Å². The number of hydrogen-bond donors (Lipinski definition) is 3. The highest BCUT2D eigenvalue weighted by molar-refractivity contribution is 7.47. The minimum absolute atomic E-state index is 0.0649. The molecule has 0 aromatic carbocycles. The van der Waals surface area contributed by atoms with E-state index in [9.17, 15) is 19.4 Å². The molecule has 0 aliphatic heterocycles. The summed E-state index contributed by atoms with van der Waals surface area (Å²) < 4.78 is 23.6. The molecule has 3 atom stereocenters. The summed E-state index contributed by atoms with van der Waals surface area (Å²) in [7, 11) is 1.59. The number of phosphoric acid groups is 1. The Kier molecular flexibility index (Phi) is 44.8. The number of likely N-dealkylation sites (N-methyl/N-ethyl adjacent to an activating group) is 1. The molecule has 62 heavy (non-hydrogen) atoms. The molecule has 1 unspecified atom stereocenters. The SMILES string of the molecule is CCCCCCCCCCCCCC/C=C/[C@@H](O)[C@H](COP(=O)(O)OCC[N+](C)(C)C)NC(=O)CCCCCCCCCCCCCCCCCCCCCCCCCCCC. The molecule has 0 bridgehead atoms. The van der Waals surface area contributed by atoms with Crippen LogP contribution in [0.5, 0.6) is 0 Å². The lowest BCUT2D eigenvalue weighted by atomic mass is 10.0. The molecular formula is C53H108N2O6P+. The van der Waals surface area contributed by atoms with E-state index in [2.05, 4.69) is 19.2 Å². The third-order valence-electron chi connectivity index (χ3n) is 12.5. The summed E-state index contributed by atoms with van der Waals surface area (Å²) in [5.41, 5.74) is 0. The minimum Gasteiger partial charge on any atom is -0.387 e. The van der Waals surface area contributed by atoms with E-state index < -0.39 is 20.0 Å². The molecular weight excluding hydrogens is 792 g/mol. The fourth-order valence-corrected chi connectivity index (χ4v) is 8.96. The molecule has 8 nitrogen and oxygen atoms in total. The van der Waals surface area contributed by atoms with Gasteiger partial charge in [0, 0.05) is 6.42 Å². The molecule has 0 heterocycles. The molecule has 0 saturated heterocycles. The van der Waals surface area contributed by atoms with Gasteiger partial charge >= 0.3 is 7.82 Å². The van der Waals surface area contributed by atoms with Gasteiger partial charge in [-0.3, -0.25) is 13.8 Å². The maximum atomic E-state index is 12.9. The van der Waals surface area contributed by atoms with Crippen molar-refractivity contribution in [2.75, 3.05) is 40.9 Å². The van der Waals surface area contributed by atoms with Crippen molar-refractivity contribution >= 4 is 13.7 Å². The second kappa shape index (κ2) is 45.4. The van der Waals surface area contributed by atoms with Crippen LogP contribution in [0.4, 0.5) is 0 Å². The van der Waals surface area contributed by atoms with E-state index in [0.29, 0.717) is 17.4 Å². The molecule has 0 aliphatic carbocycles. The molecule has 0 aromatic heterocycles. The summed E-state index contributed by atoms with van der Waals surface area (Å²) in [5, 5.41) is 13.9. The van der Waals surface area contributed by atoms with Gasteiger partial charge < -0.3 is 19.8 Å². The Bertz CT molecular complexity index is 1020. The van der Waals surface area contributed by atoms with Crippen LogP contribution in [0.2, 0.25) is 0 Å². The first-order valence-electron chi connectivity index (χ1n) is 27.1. The Morgan fingerprint density at radius 2 is 0.855 bits per heavy atom. The van der Waals surface area contributed by atoms with Crippen molar-refractivity contribution in [2.45, 2.75) is 283 Å². The van der Waals surface area contributed by atoms with Crippen molar-refractivity contribution in [3.8, 4) is 0 Å². The standard InChI is InChI=1S/C53H107N2O6P/c1-6-8-10-12-14-16-18-20-22-23-24-25-26-27-28-29-30-31-32-33-35-37-39-41-43-45-47-53(57)54-51(50-61-62(58,59)60-49-48-55(3,4)5)52(56)46-44-42-40-38-36-34-21-19-17-15-13-11-9-7-2/h44,46,51-52,56H,6-43,45,47-50H2,1-5H3,(H-,54,57,58,59)/p+1/b46-44+/t51-,52+/m0/s1. The lowest BCUT2D eigenvalue weighted by Gasteiger charge is -2.25. The second-order valence-corrected chi connectivity index (χ2v) is 21.4. The van der Waals surface area contributed by atoms with Crippen LogP contribution in [0.3, 0.4) is 0 Å². The number of carbonyl (C=O) groups is 1. The Hall–Kier alpha value is -0.760. The molecule has 0 radical (unpaired) electrons. The Morgan fingerprint density at radius 3 is 1.19 bits per heavy atom. The van der Waals surface area contributed by atoms with Crippen LogP contribution in [0, 0.1) is 0 Å². The average Bonchev–Trinajstić information content (AvgIpc) is 3.23. The lowest BCUT2D eigenvalue weighted by Crippen LogP contribution is -2.45. The van der Waals surface area contributed by atoms with E-state index in [4.69, 9.17) is 9.05 Å². The van der Waals surface area contributed by atoms with E-state index in [1.54, 1.807) is 6.08 Å². The van der Waals surface area contributed by atoms with Crippen molar-refractivity contribution < 1.29 is 32.9 Å². The molecule has 0 spiro atoms. The van der Waals surface area contributed by atoms with Crippen LogP contribution < -0.4 is 5.32 Å². The number of allylic oxidation sites excluding steroid dienone is 1. The number of carbonyl (C=O) groups excluding carboxylic acids is 1. The number of quaternary nitrogens is 1. The number of phosphoric ester groups is 1. The van der Waals surface area contributed by atoms with Gasteiger partial charge in [0.05, 0.1) is 39.9 Å². The number of aliphatic hydroxyl groups is 1.